The zero-order valence-corrected chi connectivity index (χ0v) is 18.5. The summed E-state index contributed by atoms with van der Waals surface area (Å²) in [4.78, 5) is 23.6. The van der Waals surface area contributed by atoms with E-state index in [0.717, 1.165) is 22.7 Å². The van der Waals surface area contributed by atoms with Crippen molar-refractivity contribution in [1.82, 2.24) is 14.5 Å². The van der Waals surface area contributed by atoms with Gasteiger partial charge in [0, 0.05) is 29.9 Å². The quantitative estimate of drug-likeness (QED) is 0.510. The van der Waals surface area contributed by atoms with Crippen LogP contribution in [0.15, 0.2) is 47.6 Å². The zero-order chi connectivity index (χ0) is 24.0. The van der Waals surface area contributed by atoms with Crippen LogP contribution in [0.25, 0.3) is 5.69 Å². The molecule has 12 heteroatoms. The molecular weight excluding hydrogens is 464 g/mol. The summed E-state index contributed by atoms with van der Waals surface area (Å²) < 4.78 is 63.7. The Morgan fingerprint density at radius 1 is 1.12 bits per heavy atom. The van der Waals surface area contributed by atoms with Gasteiger partial charge in [-0.1, -0.05) is 6.07 Å². The van der Waals surface area contributed by atoms with Crippen molar-refractivity contribution >= 4 is 17.4 Å². The number of pyridine rings is 1. The molecule has 2 aromatic heterocycles. The van der Waals surface area contributed by atoms with Gasteiger partial charge in [0.2, 0.25) is 0 Å². The molecule has 33 heavy (non-hydrogen) atoms. The van der Waals surface area contributed by atoms with Crippen molar-refractivity contribution in [3.63, 3.8) is 0 Å². The number of alkyl halides is 4. The molecule has 3 aromatic rings. The van der Waals surface area contributed by atoms with E-state index in [9.17, 15) is 22.4 Å². The molecule has 0 fully saturated rings. The number of thiazole rings is 1. The molecule has 0 N–H and O–H groups in total. The highest BCUT2D eigenvalue weighted by Gasteiger charge is 2.65. The minimum atomic E-state index is -4.83. The van der Waals surface area contributed by atoms with E-state index in [1.54, 1.807) is 26.2 Å². The molecule has 0 spiro atoms. The fraction of sp³-hybridized carbons (Fsp3) is 0.286. The topological polar surface area (TPSA) is 69.0 Å². The highest BCUT2D eigenvalue weighted by Crippen LogP contribution is 2.47. The molecule has 0 saturated carbocycles. The van der Waals surface area contributed by atoms with Crippen molar-refractivity contribution in [3.05, 3.63) is 63.7 Å². The monoisotopic (exact) mass is 482 g/mol. The fourth-order valence-corrected chi connectivity index (χ4v) is 3.92. The summed E-state index contributed by atoms with van der Waals surface area (Å²) in [5, 5.41) is 0. The molecule has 1 aliphatic rings. The van der Waals surface area contributed by atoms with Crippen LogP contribution in [0.1, 0.15) is 16.3 Å². The van der Waals surface area contributed by atoms with Gasteiger partial charge in [0.1, 0.15) is 0 Å². The first kappa shape index (κ1) is 22.8. The van der Waals surface area contributed by atoms with Crippen molar-refractivity contribution in [3.8, 4) is 17.2 Å². The maximum absolute atomic E-state index is 13.6. The van der Waals surface area contributed by atoms with Gasteiger partial charge in [-0.2, -0.15) is 22.6 Å². The lowest BCUT2D eigenvalue weighted by Crippen LogP contribution is -2.52. The van der Waals surface area contributed by atoms with Crippen molar-refractivity contribution in [2.75, 3.05) is 7.05 Å². The summed E-state index contributed by atoms with van der Waals surface area (Å²) >= 11 is 1.19. The van der Waals surface area contributed by atoms with Crippen LogP contribution in [0.5, 0.6) is 11.5 Å². The molecule has 2 amide bonds. The van der Waals surface area contributed by atoms with Crippen LogP contribution in [-0.4, -0.2) is 39.7 Å². The molecule has 0 unspecified atom stereocenters. The maximum atomic E-state index is 13.6. The molecule has 4 rings (SSSR count). The van der Waals surface area contributed by atoms with Crippen LogP contribution in [0, 0.1) is 13.8 Å². The molecule has 174 valence electrons. The minimum Gasteiger partial charge on any atom is -0.421 e. The van der Waals surface area contributed by atoms with E-state index < -0.39 is 29.7 Å². The Kier molecular flexibility index (Phi) is 5.64. The number of hydrogen-bond donors (Lipinski definition) is 0. The van der Waals surface area contributed by atoms with Gasteiger partial charge >= 0.3 is 18.2 Å². The third kappa shape index (κ3) is 4.56. The third-order valence-electron chi connectivity index (χ3n) is 4.65. The number of carbonyl (C=O) groups is 1. The number of aryl methyl sites for hydroxylation is 2. The maximum Gasteiger partial charge on any atom is 0.507 e. The molecule has 7 nitrogen and oxygen atoms in total. The number of benzene rings is 1. The van der Waals surface area contributed by atoms with Crippen molar-refractivity contribution in [2.24, 2.45) is 4.99 Å². The molecule has 0 atom stereocenters. The Bertz CT molecular complexity index is 1290. The van der Waals surface area contributed by atoms with Crippen LogP contribution in [0.2, 0.25) is 0 Å². The molecule has 0 saturated heterocycles. The molecule has 1 aromatic carbocycles. The predicted molar refractivity (Wildman–Crippen MR) is 111 cm³/mol. The number of fused-ring (bicyclic) bond motifs is 1. The SMILES string of the molecule is Cc1cccc(CN(C)C(=O)N=c2sc(C)cn2-c2ccc3c(c2)OC(F)(F)C(F)(F)O3)n1. The van der Waals surface area contributed by atoms with E-state index in [-0.39, 0.29) is 17.0 Å². The van der Waals surface area contributed by atoms with Gasteiger partial charge < -0.3 is 14.4 Å². The number of urea groups is 1. The summed E-state index contributed by atoms with van der Waals surface area (Å²) in [6, 6.07) is 8.52. The van der Waals surface area contributed by atoms with E-state index >= 15 is 0 Å². The Morgan fingerprint density at radius 3 is 2.52 bits per heavy atom. The summed E-state index contributed by atoms with van der Waals surface area (Å²) in [5.41, 5.74) is 1.79. The molecule has 3 heterocycles. The van der Waals surface area contributed by atoms with Gasteiger partial charge in [-0.15, -0.1) is 11.3 Å². The molecule has 0 radical (unpaired) electrons. The van der Waals surface area contributed by atoms with Crippen LogP contribution >= 0.6 is 11.3 Å². The van der Waals surface area contributed by atoms with E-state index in [1.807, 2.05) is 19.1 Å². The largest absolute Gasteiger partial charge is 0.507 e. The summed E-state index contributed by atoms with van der Waals surface area (Å²) in [7, 11) is 1.58. The van der Waals surface area contributed by atoms with Crippen LogP contribution in [0.3, 0.4) is 0 Å². The van der Waals surface area contributed by atoms with Crippen molar-refractivity contribution in [1.29, 1.82) is 0 Å². The number of aromatic nitrogens is 2. The molecule has 1 aliphatic heterocycles. The van der Waals surface area contributed by atoms with Gasteiger partial charge in [-0.3, -0.25) is 9.55 Å². The average molecular weight is 482 g/mol. The van der Waals surface area contributed by atoms with Gasteiger partial charge in [-0.25, -0.2) is 4.79 Å². The smallest absolute Gasteiger partial charge is 0.421 e. The Balaban J connectivity index is 1.64. The molecular formula is C21H18F4N4O3S. The van der Waals surface area contributed by atoms with E-state index in [0.29, 0.717) is 5.69 Å². The summed E-state index contributed by atoms with van der Waals surface area (Å²) in [6.45, 7) is 3.86. The number of ether oxygens (including phenoxy) is 2. The van der Waals surface area contributed by atoms with Gasteiger partial charge in [0.05, 0.1) is 17.9 Å². The standard InChI is InChI=1S/C21H18F4N4O3S/c1-12-5-4-6-14(26-12)11-28(3)18(30)27-19-29(10-13(2)33-19)15-7-8-16-17(9-15)32-21(24,25)20(22,23)31-16/h4-10H,11H2,1-3H3. The second-order valence-corrected chi connectivity index (χ2v) is 8.60. The Hall–Kier alpha value is -3.41. The van der Waals surface area contributed by atoms with Crippen LogP contribution in [-0.2, 0) is 6.54 Å². The zero-order valence-electron chi connectivity index (χ0n) is 17.7. The van der Waals surface area contributed by atoms with E-state index in [4.69, 9.17) is 0 Å². The number of hydrogen-bond acceptors (Lipinski definition) is 5. The number of halogens is 4. The number of nitrogens with zero attached hydrogens (tertiary/aromatic N) is 4. The van der Waals surface area contributed by atoms with Crippen LogP contribution < -0.4 is 14.3 Å². The first-order chi connectivity index (χ1) is 15.4. The average Bonchev–Trinajstić information content (AvgIpc) is 3.08. The number of amides is 2. The Labute approximate surface area is 189 Å². The number of carbonyl (C=O) groups excluding carboxylic acids is 1. The van der Waals surface area contributed by atoms with Gasteiger partial charge in [-0.05, 0) is 38.1 Å². The summed E-state index contributed by atoms with van der Waals surface area (Å²) in [6.07, 6.45) is -7.99. The predicted octanol–water partition coefficient (Wildman–Crippen LogP) is 4.66. The van der Waals surface area contributed by atoms with E-state index in [2.05, 4.69) is 19.5 Å². The summed E-state index contributed by atoms with van der Waals surface area (Å²) in [5.74, 6) is -1.08. The normalized spacial score (nSPS) is 16.5. The molecule has 0 bridgehead atoms. The fourth-order valence-electron chi connectivity index (χ4n) is 3.09. The first-order valence-corrected chi connectivity index (χ1v) is 10.5. The lowest BCUT2D eigenvalue weighted by atomic mass is 10.2. The van der Waals surface area contributed by atoms with Gasteiger partial charge in [0.15, 0.2) is 16.3 Å². The van der Waals surface area contributed by atoms with Crippen LogP contribution in [0.4, 0.5) is 22.4 Å². The van der Waals surface area contributed by atoms with E-state index in [1.165, 1.54) is 26.9 Å². The van der Waals surface area contributed by atoms with Crippen molar-refractivity contribution < 1.29 is 31.8 Å². The minimum absolute atomic E-state index is 0.238. The van der Waals surface area contributed by atoms with Gasteiger partial charge in [0.25, 0.3) is 0 Å². The highest BCUT2D eigenvalue weighted by molar-refractivity contribution is 7.09. The number of rotatable bonds is 3. The Morgan fingerprint density at radius 2 is 1.82 bits per heavy atom. The third-order valence-corrected chi connectivity index (χ3v) is 5.55. The lowest BCUT2D eigenvalue weighted by molar-refractivity contribution is -0.391. The second-order valence-electron chi connectivity index (χ2n) is 7.38. The van der Waals surface area contributed by atoms with Crippen molar-refractivity contribution in [2.45, 2.75) is 32.6 Å². The molecule has 0 aliphatic carbocycles. The second kappa shape index (κ2) is 8.18. The first-order valence-electron chi connectivity index (χ1n) is 9.65. The lowest BCUT2D eigenvalue weighted by Gasteiger charge is -2.31. The highest BCUT2D eigenvalue weighted by atomic mass is 32.1.